The average molecular weight is 148 g/mol. The number of nitrogens with zero attached hydrogens (tertiary/aromatic N) is 1. The molecular weight excluding hydrogens is 140 g/mol. The number of H-pyrrole nitrogens is 1. The van der Waals surface area contributed by atoms with Gasteiger partial charge < -0.3 is 9.38 Å². The lowest BCUT2D eigenvalue weighted by molar-refractivity contribution is 1.10. The number of aromatic amines is 1. The van der Waals surface area contributed by atoms with Crippen molar-refractivity contribution in [1.29, 1.82) is 0 Å². The molecule has 11 heavy (non-hydrogen) atoms. The van der Waals surface area contributed by atoms with E-state index < -0.39 is 0 Å². The van der Waals surface area contributed by atoms with E-state index in [0.717, 1.165) is 11.1 Å². The predicted octanol–water partition coefficient (Wildman–Crippen LogP) is 0.936. The van der Waals surface area contributed by atoms with Gasteiger partial charge in [-0.2, -0.15) is 0 Å². The fourth-order valence-corrected chi connectivity index (χ4v) is 1.23. The van der Waals surface area contributed by atoms with Crippen molar-refractivity contribution in [3.63, 3.8) is 0 Å². The molecule has 0 radical (unpaired) electrons. The molecule has 0 atom stereocenters. The van der Waals surface area contributed by atoms with Crippen LogP contribution in [0.5, 0.6) is 0 Å². The summed E-state index contributed by atoms with van der Waals surface area (Å²) in [5, 5.41) is 0. The minimum atomic E-state index is -0.0324. The molecule has 2 aromatic heterocycles. The fraction of sp³-hybridized carbons (Fsp3) is 0.125. The normalized spacial score (nSPS) is 10.6. The quantitative estimate of drug-likeness (QED) is 0.593. The predicted molar refractivity (Wildman–Crippen MR) is 42.8 cm³/mol. The van der Waals surface area contributed by atoms with Gasteiger partial charge in [0.2, 0.25) is 0 Å². The lowest BCUT2D eigenvalue weighted by Crippen LogP contribution is -2.07. The lowest BCUT2D eigenvalue weighted by Gasteiger charge is -1.91. The van der Waals surface area contributed by atoms with Crippen LogP contribution in [0.4, 0.5) is 0 Å². The molecule has 0 saturated carbocycles. The first-order valence-electron chi connectivity index (χ1n) is 3.44. The second kappa shape index (κ2) is 1.99. The smallest absolute Gasteiger partial charge is 0.272 e. The van der Waals surface area contributed by atoms with Crippen LogP contribution >= 0.6 is 0 Å². The molecule has 3 heteroatoms. The third-order valence-corrected chi connectivity index (χ3v) is 1.78. The zero-order valence-corrected chi connectivity index (χ0v) is 6.16. The zero-order chi connectivity index (χ0) is 7.84. The van der Waals surface area contributed by atoms with E-state index in [9.17, 15) is 4.79 Å². The number of aryl methyl sites for hydroxylation is 1. The first-order chi connectivity index (χ1) is 5.29. The van der Waals surface area contributed by atoms with Crippen LogP contribution in [0.1, 0.15) is 5.56 Å². The number of fused-ring (bicyclic) bond motifs is 1. The van der Waals surface area contributed by atoms with E-state index in [0.29, 0.717) is 0 Å². The number of rotatable bonds is 0. The molecule has 0 saturated heterocycles. The van der Waals surface area contributed by atoms with Gasteiger partial charge in [-0.1, -0.05) is 0 Å². The van der Waals surface area contributed by atoms with E-state index >= 15 is 0 Å². The monoisotopic (exact) mass is 148 g/mol. The molecule has 0 aliphatic heterocycles. The molecule has 0 aromatic carbocycles. The maximum atomic E-state index is 11.2. The van der Waals surface area contributed by atoms with Gasteiger partial charge in [-0.15, -0.1) is 0 Å². The Morgan fingerprint density at radius 2 is 2.27 bits per heavy atom. The van der Waals surface area contributed by atoms with Gasteiger partial charge >= 0.3 is 0 Å². The van der Waals surface area contributed by atoms with Gasteiger partial charge in [0.1, 0.15) is 5.52 Å². The highest BCUT2D eigenvalue weighted by atomic mass is 16.1. The van der Waals surface area contributed by atoms with Crippen LogP contribution < -0.4 is 5.56 Å². The standard InChI is InChI=1S/C8H8N2O/c1-6-2-4-10-5-3-9-8(11)7(6)10/h2-5H,1H3,(H,9,11). The Labute approximate surface area is 63.3 Å². The Kier molecular flexibility index (Phi) is 1.12. The van der Waals surface area contributed by atoms with Crippen molar-refractivity contribution in [3.8, 4) is 0 Å². The Bertz CT molecular complexity index is 439. The summed E-state index contributed by atoms with van der Waals surface area (Å²) >= 11 is 0. The highest BCUT2D eigenvalue weighted by Gasteiger charge is 1.99. The first-order valence-corrected chi connectivity index (χ1v) is 3.44. The van der Waals surface area contributed by atoms with E-state index in [1.807, 2.05) is 29.8 Å². The third-order valence-electron chi connectivity index (χ3n) is 1.78. The molecule has 2 rings (SSSR count). The number of hydrogen-bond donors (Lipinski definition) is 1. The van der Waals surface area contributed by atoms with Crippen LogP contribution in [0.25, 0.3) is 5.52 Å². The topological polar surface area (TPSA) is 37.3 Å². The fourth-order valence-electron chi connectivity index (χ4n) is 1.23. The summed E-state index contributed by atoms with van der Waals surface area (Å²) in [6.45, 7) is 1.92. The van der Waals surface area contributed by atoms with Crippen molar-refractivity contribution in [1.82, 2.24) is 9.38 Å². The van der Waals surface area contributed by atoms with Gasteiger partial charge in [-0.05, 0) is 18.6 Å². The molecule has 0 fully saturated rings. The molecule has 56 valence electrons. The Balaban J connectivity index is 3.08. The van der Waals surface area contributed by atoms with Crippen LogP contribution in [-0.2, 0) is 0 Å². The summed E-state index contributed by atoms with van der Waals surface area (Å²) in [5.41, 5.74) is 1.70. The van der Waals surface area contributed by atoms with Gasteiger partial charge in [0.15, 0.2) is 0 Å². The van der Waals surface area contributed by atoms with Crippen molar-refractivity contribution >= 4 is 5.52 Å². The average Bonchev–Trinajstić information content (AvgIpc) is 2.34. The molecule has 0 aliphatic rings. The van der Waals surface area contributed by atoms with Crippen molar-refractivity contribution in [2.75, 3.05) is 0 Å². The lowest BCUT2D eigenvalue weighted by atomic mass is 10.3. The molecule has 2 heterocycles. The molecule has 1 N–H and O–H groups in total. The molecule has 0 bridgehead atoms. The number of nitrogens with one attached hydrogen (secondary N) is 1. The minimum absolute atomic E-state index is 0.0324. The summed E-state index contributed by atoms with van der Waals surface area (Å²) in [4.78, 5) is 13.8. The summed E-state index contributed by atoms with van der Waals surface area (Å²) in [6.07, 6.45) is 5.33. The third kappa shape index (κ3) is 0.774. The highest BCUT2D eigenvalue weighted by Crippen LogP contribution is 2.04. The van der Waals surface area contributed by atoms with Gasteiger partial charge in [-0.25, -0.2) is 0 Å². The SMILES string of the molecule is Cc1ccn2cc[nH]c(=O)c12. The molecule has 0 aliphatic carbocycles. The molecule has 0 unspecified atom stereocenters. The van der Waals surface area contributed by atoms with Crippen LogP contribution in [-0.4, -0.2) is 9.38 Å². The van der Waals surface area contributed by atoms with Crippen molar-refractivity contribution in [3.05, 3.63) is 40.6 Å². The Morgan fingerprint density at radius 3 is 3.00 bits per heavy atom. The Hall–Kier alpha value is -1.51. The van der Waals surface area contributed by atoms with Crippen LogP contribution in [0.2, 0.25) is 0 Å². The summed E-state index contributed by atoms with van der Waals surface area (Å²) in [7, 11) is 0. The van der Waals surface area contributed by atoms with Gasteiger partial charge in [0.05, 0.1) is 0 Å². The summed E-state index contributed by atoms with van der Waals surface area (Å²) < 4.78 is 1.81. The van der Waals surface area contributed by atoms with Gasteiger partial charge in [0, 0.05) is 18.6 Å². The van der Waals surface area contributed by atoms with E-state index in [1.54, 1.807) is 6.20 Å². The zero-order valence-electron chi connectivity index (χ0n) is 6.16. The van der Waals surface area contributed by atoms with Crippen molar-refractivity contribution in [2.45, 2.75) is 6.92 Å². The van der Waals surface area contributed by atoms with E-state index in [1.165, 1.54) is 0 Å². The van der Waals surface area contributed by atoms with Crippen molar-refractivity contribution < 1.29 is 0 Å². The van der Waals surface area contributed by atoms with Crippen LogP contribution in [0, 0.1) is 6.92 Å². The van der Waals surface area contributed by atoms with E-state index in [4.69, 9.17) is 0 Å². The maximum absolute atomic E-state index is 11.2. The maximum Gasteiger partial charge on any atom is 0.272 e. The van der Waals surface area contributed by atoms with E-state index in [-0.39, 0.29) is 5.56 Å². The number of aromatic nitrogens is 2. The number of hydrogen-bond acceptors (Lipinski definition) is 1. The molecular formula is C8H8N2O. The summed E-state index contributed by atoms with van der Waals surface area (Å²) in [6, 6.07) is 1.92. The first kappa shape index (κ1) is 6.22. The molecule has 2 aromatic rings. The van der Waals surface area contributed by atoms with E-state index in [2.05, 4.69) is 4.98 Å². The van der Waals surface area contributed by atoms with Gasteiger partial charge in [-0.3, -0.25) is 4.79 Å². The second-order valence-corrected chi connectivity index (χ2v) is 2.54. The molecule has 0 spiro atoms. The van der Waals surface area contributed by atoms with Crippen LogP contribution in [0.3, 0.4) is 0 Å². The molecule has 3 nitrogen and oxygen atoms in total. The summed E-state index contributed by atoms with van der Waals surface area (Å²) in [5.74, 6) is 0. The molecule has 0 amide bonds. The minimum Gasteiger partial charge on any atom is -0.326 e. The Morgan fingerprint density at radius 1 is 1.45 bits per heavy atom. The highest BCUT2D eigenvalue weighted by molar-refractivity contribution is 5.52. The van der Waals surface area contributed by atoms with Gasteiger partial charge in [0.25, 0.3) is 5.56 Å². The largest absolute Gasteiger partial charge is 0.326 e. The second-order valence-electron chi connectivity index (χ2n) is 2.54. The van der Waals surface area contributed by atoms with Crippen molar-refractivity contribution in [2.24, 2.45) is 0 Å². The van der Waals surface area contributed by atoms with Crippen LogP contribution in [0.15, 0.2) is 29.5 Å².